The second-order valence-electron chi connectivity index (χ2n) is 4.20. The van der Waals surface area contributed by atoms with E-state index in [1.165, 1.54) is 0 Å². The largest absolute Gasteiger partial charge is 0.399 e. The molecule has 4 N–H and O–H groups in total. The highest BCUT2D eigenvalue weighted by Crippen LogP contribution is 2.17. The van der Waals surface area contributed by atoms with Crippen LogP contribution in [0.25, 0.3) is 0 Å². The molecule has 0 bridgehead atoms. The third-order valence-electron chi connectivity index (χ3n) is 2.68. The van der Waals surface area contributed by atoms with Crippen LogP contribution in [0.5, 0.6) is 0 Å². The highest BCUT2D eigenvalue weighted by molar-refractivity contribution is 9.10. The number of rotatable bonds is 4. The fourth-order valence-corrected chi connectivity index (χ4v) is 1.84. The number of nitrogens with one attached hydrogen (secondary N) is 1. The number of amides is 1. The molecule has 2 atom stereocenters. The van der Waals surface area contributed by atoms with Gasteiger partial charge in [-0.15, -0.1) is 0 Å². The summed E-state index contributed by atoms with van der Waals surface area (Å²) < 4.78 is 0.769. The molecule has 17 heavy (non-hydrogen) atoms. The van der Waals surface area contributed by atoms with E-state index in [-0.39, 0.29) is 24.5 Å². The minimum Gasteiger partial charge on any atom is -0.399 e. The third-order valence-corrected chi connectivity index (χ3v) is 3.14. The summed E-state index contributed by atoms with van der Waals surface area (Å²) in [6.45, 7) is 3.78. The smallest absolute Gasteiger partial charge is 0.251 e. The van der Waals surface area contributed by atoms with E-state index in [2.05, 4.69) is 21.2 Å². The van der Waals surface area contributed by atoms with Crippen LogP contribution in [-0.2, 0) is 0 Å². The molecule has 2 unspecified atom stereocenters. The van der Waals surface area contributed by atoms with Crippen LogP contribution in [0.3, 0.4) is 0 Å². The van der Waals surface area contributed by atoms with Gasteiger partial charge >= 0.3 is 0 Å². The third kappa shape index (κ3) is 4.02. The Morgan fingerprint density at radius 1 is 1.47 bits per heavy atom. The van der Waals surface area contributed by atoms with E-state index in [9.17, 15) is 4.79 Å². The molecular formula is C12H17BrN2O2. The van der Waals surface area contributed by atoms with Gasteiger partial charge in [0.25, 0.3) is 5.91 Å². The summed E-state index contributed by atoms with van der Waals surface area (Å²) >= 11 is 3.29. The van der Waals surface area contributed by atoms with Crippen LogP contribution >= 0.6 is 15.9 Å². The summed E-state index contributed by atoms with van der Waals surface area (Å²) in [7, 11) is 0. The van der Waals surface area contributed by atoms with Crippen molar-refractivity contribution in [2.75, 3.05) is 12.3 Å². The van der Waals surface area contributed by atoms with Gasteiger partial charge in [-0.2, -0.15) is 0 Å². The van der Waals surface area contributed by atoms with Crippen molar-refractivity contribution in [3.05, 3.63) is 28.2 Å². The van der Waals surface area contributed by atoms with E-state index in [4.69, 9.17) is 10.8 Å². The Labute approximate surface area is 109 Å². The number of carbonyl (C=O) groups is 1. The number of benzene rings is 1. The summed E-state index contributed by atoms with van der Waals surface area (Å²) in [5, 5.41) is 11.8. The molecule has 0 saturated carbocycles. The molecule has 4 nitrogen and oxygen atoms in total. The number of nitrogens with two attached hydrogens (primary N) is 1. The van der Waals surface area contributed by atoms with Crippen molar-refractivity contribution in [3.8, 4) is 0 Å². The second-order valence-corrected chi connectivity index (χ2v) is 5.11. The van der Waals surface area contributed by atoms with Gasteiger partial charge < -0.3 is 16.2 Å². The van der Waals surface area contributed by atoms with Gasteiger partial charge in [-0.05, 0) is 31.0 Å². The lowest BCUT2D eigenvalue weighted by atomic mass is 10.0. The number of aliphatic hydroxyl groups is 1. The fourth-order valence-electron chi connectivity index (χ4n) is 1.33. The van der Waals surface area contributed by atoms with E-state index in [1.54, 1.807) is 18.2 Å². The minimum absolute atomic E-state index is 0.0171. The average Bonchev–Trinajstić information content (AvgIpc) is 2.26. The Kier molecular flexibility index (Phi) is 4.96. The number of aliphatic hydroxyl groups excluding tert-OH is 1. The molecule has 94 valence electrons. The lowest BCUT2D eigenvalue weighted by Gasteiger charge is -2.19. The maximum absolute atomic E-state index is 11.9. The van der Waals surface area contributed by atoms with Crippen molar-refractivity contribution in [2.45, 2.75) is 19.9 Å². The van der Waals surface area contributed by atoms with E-state index in [0.29, 0.717) is 11.3 Å². The Morgan fingerprint density at radius 3 is 2.65 bits per heavy atom. The molecular weight excluding hydrogens is 284 g/mol. The second kappa shape index (κ2) is 6.02. The Hall–Kier alpha value is -1.07. The molecule has 0 radical (unpaired) electrons. The summed E-state index contributed by atoms with van der Waals surface area (Å²) in [4.78, 5) is 11.9. The average molecular weight is 301 g/mol. The summed E-state index contributed by atoms with van der Waals surface area (Å²) in [5.74, 6) is -0.172. The van der Waals surface area contributed by atoms with Crippen molar-refractivity contribution in [1.82, 2.24) is 5.32 Å². The van der Waals surface area contributed by atoms with Crippen molar-refractivity contribution in [1.29, 1.82) is 0 Å². The number of hydrogen-bond acceptors (Lipinski definition) is 3. The van der Waals surface area contributed by atoms with Gasteiger partial charge in [-0.3, -0.25) is 4.79 Å². The van der Waals surface area contributed by atoms with Crippen LogP contribution in [0.1, 0.15) is 24.2 Å². The monoisotopic (exact) mass is 300 g/mol. The van der Waals surface area contributed by atoms with Crippen LogP contribution in [0, 0.1) is 5.92 Å². The lowest BCUT2D eigenvalue weighted by Crippen LogP contribution is -2.38. The molecule has 0 heterocycles. The van der Waals surface area contributed by atoms with Crippen LogP contribution < -0.4 is 11.1 Å². The maximum atomic E-state index is 11.9. The van der Waals surface area contributed by atoms with Crippen LogP contribution in [0.4, 0.5) is 5.69 Å². The van der Waals surface area contributed by atoms with Crippen LogP contribution in [0.2, 0.25) is 0 Å². The SMILES string of the molecule is CC(CO)C(C)NC(=O)c1cc(N)cc(Br)c1. The first-order valence-electron chi connectivity index (χ1n) is 5.42. The molecule has 0 spiro atoms. The van der Waals surface area contributed by atoms with E-state index in [0.717, 1.165) is 4.47 Å². The molecule has 0 fully saturated rings. The van der Waals surface area contributed by atoms with Gasteiger partial charge in [-0.1, -0.05) is 22.9 Å². The Balaban J connectivity index is 2.76. The molecule has 1 amide bonds. The summed E-state index contributed by atoms with van der Waals surface area (Å²) in [6, 6.07) is 4.97. The van der Waals surface area contributed by atoms with Crippen molar-refractivity contribution in [3.63, 3.8) is 0 Å². The first-order chi connectivity index (χ1) is 7.93. The van der Waals surface area contributed by atoms with Gasteiger partial charge in [0.15, 0.2) is 0 Å². The van der Waals surface area contributed by atoms with Gasteiger partial charge in [0, 0.05) is 28.4 Å². The number of hydrogen-bond donors (Lipinski definition) is 3. The predicted octanol–water partition coefficient (Wildman–Crippen LogP) is 1.78. The van der Waals surface area contributed by atoms with Gasteiger partial charge in [0.2, 0.25) is 0 Å². The van der Waals surface area contributed by atoms with E-state index >= 15 is 0 Å². The van der Waals surface area contributed by atoms with Gasteiger partial charge in [-0.25, -0.2) is 0 Å². The number of halogens is 1. The molecule has 0 aliphatic carbocycles. The zero-order valence-corrected chi connectivity index (χ0v) is 11.5. The lowest BCUT2D eigenvalue weighted by molar-refractivity contribution is 0.0916. The van der Waals surface area contributed by atoms with Crippen LogP contribution in [-0.4, -0.2) is 23.7 Å². The standard InChI is InChI=1S/C12H17BrN2O2/c1-7(6-16)8(2)15-12(17)9-3-10(13)5-11(14)4-9/h3-5,7-8,16H,6,14H2,1-2H3,(H,15,17). The topological polar surface area (TPSA) is 75.3 Å². The fraction of sp³-hybridized carbons (Fsp3) is 0.417. The van der Waals surface area contributed by atoms with E-state index < -0.39 is 0 Å². The highest BCUT2D eigenvalue weighted by atomic mass is 79.9. The summed E-state index contributed by atoms with van der Waals surface area (Å²) in [5.41, 5.74) is 6.71. The molecule has 5 heteroatoms. The first kappa shape index (κ1) is 14.0. The molecule has 0 saturated heterocycles. The minimum atomic E-state index is -0.189. The van der Waals surface area contributed by atoms with E-state index in [1.807, 2.05) is 13.8 Å². The Morgan fingerprint density at radius 2 is 2.12 bits per heavy atom. The number of nitrogen functional groups attached to an aromatic ring is 1. The molecule has 1 aromatic carbocycles. The number of anilines is 1. The highest BCUT2D eigenvalue weighted by Gasteiger charge is 2.15. The zero-order chi connectivity index (χ0) is 13.0. The van der Waals surface area contributed by atoms with Gasteiger partial charge in [0.05, 0.1) is 0 Å². The van der Waals surface area contributed by atoms with Crippen LogP contribution in [0.15, 0.2) is 22.7 Å². The molecule has 1 aromatic rings. The molecule has 0 aromatic heterocycles. The molecule has 1 rings (SSSR count). The normalized spacial score (nSPS) is 14.1. The predicted molar refractivity (Wildman–Crippen MR) is 71.7 cm³/mol. The zero-order valence-electron chi connectivity index (χ0n) is 9.90. The van der Waals surface area contributed by atoms with Gasteiger partial charge in [0.1, 0.15) is 0 Å². The van der Waals surface area contributed by atoms with Crippen molar-refractivity contribution in [2.24, 2.45) is 5.92 Å². The van der Waals surface area contributed by atoms with Crippen molar-refractivity contribution >= 4 is 27.5 Å². The molecule has 0 aliphatic heterocycles. The maximum Gasteiger partial charge on any atom is 0.251 e. The number of carbonyl (C=O) groups excluding carboxylic acids is 1. The first-order valence-corrected chi connectivity index (χ1v) is 6.21. The molecule has 0 aliphatic rings. The quantitative estimate of drug-likeness (QED) is 0.742. The summed E-state index contributed by atoms with van der Waals surface area (Å²) in [6.07, 6.45) is 0. The van der Waals surface area contributed by atoms with Crippen molar-refractivity contribution < 1.29 is 9.90 Å². The Bertz CT molecular complexity index is 389.